The largest absolute Gasteiger partial charge is 0.480 e. The maximum absolute atomic E-state index is 13.0. The van der Waals surface area contributed by atoms with E-state index in [0.717, 1.165) is 11.1 Å². The smallest absolute Gasteiger partial charge is 0.320 e. The first kappa shape index (κ1) is 16.9. The average Bonchev–Trinajstić information content (AvgIpc) is 2.62. The molecule has 6 heteroatoms. The molecule has 1 atom stereocenters. The van der Waals surface area contributed by atoms with Crippen LogP contribution >= 0.6 is 0 Å². The van der Waals surface area contributed by atoms with Crippen LogP contribution in [-0.2, 0) is 11.2 Å². The summed E-state index contributed by atoms with van der Waals surface area (Å²) in [6.45, 7) is 0. The Balaban J connectivity index is 2.02. The maximum Gasteiger partial charge on any atom is 0.320 e. The van der Waals surface area contributed by atoms with Gasteiger partial charge in [-0.25, -0.2) is 4.98 Å². The Labute approximate surface area is 144 Å². The van der Waals surface area contributed by atoms with Gasteiger partial charge in [-0.15, -0.1) is 0 Å². The highest BCUT2D eigenvalue weighted by Gasteiger charge is 2.14. The van der Waals surface area contributed by atoms with Crippen molar-refractivity contribution >= 4 is 17.0 Å². The number of hydrogen-bond donors (Lipinski definition) is 2. The molecule has 1 unspecified atom stereocenters. The highest BCUT2D eigenvalue weighted by molar-refractivity contribution is 5.77. The van der Waals surface area contributed by atoms with E-state index >= 15 is 0 Å². The number of nitrogens with zero attached hydrogens (tertiary/aromatic N) is 2. The Morgan fingerprint density at radius 3 is 2.68 bits per heavy atom. The summed E-state index contributed by atoms with van der Waals surface area (Å²) in [7, 11) is 0. The fourth-order valence-electron chi connectivity index (χ4n) is 2.83. The fourth-order valence-corrected chi connectivity index (χ4v) is 2.83. The van der Waals surface area contributed by atoms with Crippen molar-refractivity contribution in [2.45, 2.75) is 25.3 Å². The molecule has 0 spiro atoms. The second-order valence-corrected chi connectivity index (χ2v) is 5.90. The zero-order valence-corrected chi connectivity index (χ0v) is 13.6. The molecule has 2 aromatic heterocycles. The lowest BCUT2D eigenvalue weighted by atomic mass is 10.0. The van der Waals surface area contributed by atoms with Gasteiger partial charge in [0.25, 0.3) is 5.56 Å². The van der Waals surface area contributed by atoms with E-state index < -0.39 is 12.0 Å². The van der Waals surface area contributed by atoms with Crippen LogP contribution < -0.4 is 11.3 Å². The number of fused-ring (bicyclic) bond motifs is 1. The van der Waals surface area contributed by atoms with Crippen LogP contribution in [0.3, 0.4) is 0 Å². The summed E-state index contributed by atoms with van der Waals surface area (Å²) in [4.78, 5) is 28.1. The number of rotatable bonds is 6. The minimum atomic E-state index is -1.02. The summed E-state index contributed by atoms with van der Waals surface area (Å²) in [5.41, 5.74) is 7.38. The average molecular weight is 337 g/mol. The van der Waals surface area contributed by atoms with Crippen LogP contribution in [0.5, 0.6) is 0 Å². The molecule has 0 saturated heterocycles. The van der Waals surface area contributed by atoms with E-state index in [4.69, 9.17) is 10.8 Å². The van der Waals surface area contributed by atoms with Gasteiger partial charge < -0.3 is 10.8 Å². The fraction of sp³-hybridized carbons (Fsp3) is 0.211. The molecule has 0 aliphatic rings. The number of para-hydroxylation sites is 1. The van der Waals surface area contributed by atoms with Crippen LogP contribution in [0.2, 0.25) is 0 Å². The minimum absolute atomic E-state index is 0.138. The van der Waals surface area contributed by atoms with Crippen LogP contribution in [0, 0.1) is 0 Å². The van der Waals surface area contributed by atoms with Gasteiger partial charge in [0.15, 0.2) is 0 Å². The molecule has 0 amide bonds. The van der Waals surface area contributed by atoms with E-state index in [-0.39, 0.29) is 5.56 Å². The second kappa shape index (κ2) is 7.27. The molecule has 0 fully saturated rings. The third-order valence-corrected chi connectivity index (χ3v) is 4.13. The van der Waals surface area contributed by atoms with Gasteiger partial charge in [0.05, 0.1) is 5.69 Å². The monoisotopic (exact) mass is 337 g/mol. The van der Waals surface area contributed by atoms with Gasteiger partial charge >= 0.3 is 5.97 Å². The van der Waals surface area contributed by atoms with Crippen molar-refractivity contribution in [2.24, 2.45) is 5.73 Å². The predicted molar refractivity (Wildman–Crippen MR) is 95.9 cm³/mol. The SMILES string of the molecule is NC(CCCc1cc2cccnc2n(-c2ccccc2)c1=O)C(=O)O. The zero-order valence-electron chi connectivity index (χ0n) is 13.6. The number of aryl methyl sites for hydroxylation is 1. The van der Waals surface area contributed by atoms with Gasteiger partial charge in [-0.1, -0.05) is 18.2 Å². The molecule has 0 radical (unpaired) electrons. The number of hydrogen-bond acceptors (Lipinski definition) is 4. The van der Waals surface area contributed by atoms with E-state index in [9.17, 15) is 9.59 Å². The van der Waals surface area contributed by atoms with E-state index in [1.807, 2.05) is 48.5 Å². The number of carboxylic acid groups (broad SMARTS) is 1. The summed E-state index contributed by atoms with van der Waals surface area (Å²) in [6, 6.07) is 14.0. The molecule has 0 saturated carbocycles. The second-order valence-electron chi connectivity index (χ2n) is 5.90. The summed E-state index contributed by atoms with van der Waals surface area (Å²) in [5.74, 6) is -1.02. The van der Waals surface area contributed by atoms with Gasteiger partial charge in [-0.05, 0) is 49.6 Å². The summed E-state index contributed by atoms with van der Waals surface area (Å²) in [5, 5.41) is 9.73. The lowest BCUT2D eigenvalue weighted by molar-refractivity contribution is -0.138. The number of carbonyl (C=O) groups is 1. The van der Waals surface area contributed by atoms with Crippen LogP contribution in [-0.4, -0.2) is 26.7 Å². The van der Waals surface area contributed by atoms with E-state index in [1.165, 1.54) is 0 Å². The molecule has 6 nitrogen and oxygen atoms in total. The molecule has 0 bridgehead atoms. The zero-order chi connectivity index (χ0) is 17.8. The predicted octanol–water partition coefficient (Wildman–Crippen LogP) is 2.12. The van der Waals surface area contributed by atoms with Gasteiger partial charge in [0, 0.05) is 17.1 Å². The highest BCUT2D eigenvalue weighted by Crippen LogP contribution is 2.16. The maximum atomic E-state index is 13.0. The van der Waals surface area contributed by atoms with E-state index in [1.54, 1.807) is 10.8 Å². The Morgan fingerprint density at radius 2 is 1.96 bits per heavy atom. The molecule has 25 heavy (non-hydrogen) atoms. The Morgan fingerprint density at radius 1 is 1.20 bits per heavy atom. The molecule has 0 aliphatic heterocycles. The van der Waals surface area contributed by atoms with Gasteiger partial charge in [-0.3, -0.25) is 14.2 Å². The van der Waals surface area contributed by atoms with Crippen LogP contribution in [0.25, 0.3) is 16.7 Å². The first-order valence-electron chi connectivity index (χ1n) is 8.11. The van der Waals surface area contributed by atoms with Gasteiger partial charge in [-0.2, -0.15) is 0 Å². The van der Waals surface area contributed by atoms with Crippen molar-refractivity contribution in [3.63, 3.8) is 0 Å². The molecular formula is C19H19N3O3. The van der Waals surface area contributed by atoms with Crippen LogP contribution in [0.1, 0.15) is 18.4 Å². The molecule has 3 rings (SSSR count). The van der Waals surface area contributed by atoms with Crippen molar-refractivity contribution in [1.29, 1.82) is 0 Å². The molecule has 128 valence electrons. The topological polar surface area (TPSA) is 98.2 Å². The Kier molecular flexibility index (Phi) is 4.90. The molecule has 2 heterocycles. The lowest BCUT2D eigenvalue weighted by Gasteiger charge is -2.12. The van der Waals surface area contributed by atoms with Crippen molar-refractivity contribution in [3.05, 3.63) is 70.6 Å². The van der Waals surface area contributed by atoms with Crippen molar-refractivity contribution in [3.8, 4) is 5.69 Å². The first-order chi connectivity index (χ1) is 12.1. The molecule has 0 aliphatic carbocycles. The number of pyridine rings is 2. The Hall–Kier alpha value is -2.99. The molecule has 3 aromatic rings. The molecule has 1 aromatic carbocycles. The van der Waals surface area contributed by atoms with Crippen LogP contribution in [0.15, 0.2) is 59.5 Å². The molecular weight excluding hydrogens is 318 g/mol. The van der Waals surface area contributed by atoms with E-state index in [0.29, 0.717) is 30.5 Å². The normalized spacial score (nSPS) is 12.2. The number of benzene rings is 1. The number of nitrogens with two attached hydrogens (primary N) is 1. The third kappa shape index (κ3) is 3.59. The van der Waals surface area contributed by atoms with Crippen molar-refractivity contribution in [2.75, 3.05) is 0 Å². The minimum Gasteiger partial charge on any atom is -0.480 e. The van der Waals surface area contributed by atoms with Crippen molar-refractivity contribution in [1.82, 2.24) is 9.55 Å². The summed E-state index contributed by atoms with van der Waals surface area (Å²) in [6.07, 6.45) is 2.98. The molecule has 3 N–H and O–H groups in total. The van der Waals surface area contributed by atoms with Gasteiger partial charge in [0.1, 0.15) is 11.7 Å². The van der Waals surface area contributed by atoms with E-state index in [2.05, 4.69) is 4.98 Å². The summed E-state index contributed by atoms with van der Waals surface area (Å²) < 4.78 is 1.60. The Bertz CT molecular complexity index is 951. The highest BCUT2D eigenvalue weighted by atomic mass is 16.4. The lowest BCUT2D eigenvalue weighted by Crippen LogP contribution is -2.30. The first-order valence-corrected chi connectivity index (χ1v) is 8.11. The van der Waals surface area contributed by atoms with Crippen molar-refractivity contribution < 1.29 is 9.90 Å². The number of carboxylic acids is 1. The van der Waals surface area contributed by atoms with Crippen LogP contribution in [0.4, 0.5) is 0 Å². The standard InChI is InChI=1S/C19H19N3O3/c20-16(19(24)25)10-4-6-14-12-13-7-5-11-21-17(13)22(18(14)23)15-8-2-1-3-9-15/h1-3,5,7-9,11-12,16H,4,6,10,20H2,(H,24,25). The number of aromatic nitrogens is 2. The van der Waals surface area contributed by atoms with Gasteiger partial charge in [0.2, 0.25) is 0 Å². The quantitative estimate of drug-likeness (QED) is 0.718. The third-order valence-electron chi connectivity index (χ3n) is 4.13. The summed E-state index contributed by atoms with van der Waals surface area (Å²) >= 11 is 0. The number of aliphatic carboxylic acids is 1.